The highest BCUT2D eigenvalue weighted by atomic mass is 16.5. The first kappa shape index (κ1) is 13.9. The molecule has 1 saturated heterocycles. The molecule has 0 aromatic carbocycles. The van der Waals surface area contributed by atoms with Gasteiger partial charge >= 0.3 is 0 Å². The van der Waals surface area contributed by atoms with Gasteiger partial charge in [0, 0.05) is 0 Å². The van der Waals surface area contributed by atoms with Crippen LogP contribution in [-0.2, 0) is 4.74 Å². The molecule has 0 radical (unpaired) electrons. The zero-order valence-electron chi connectivity index (χ0n) is 10.7. The van der Waals surface area contributed by atoms with Gasteiger partial charge in [0.1, 0.15) is 6.23 Å². The lowest BCUT2D eigenvalue weighted by atomic mass is 9.91. The molecule has 0 spiro atoms. The molecular formula is C12H27NO. The van der Waals surface area contributed by atoms with Crippen LogP contribution in [0.15, 0.2) is 0 Å². The van der Waals surface area contributed by atoms with E-state index in [9.17, 15) is 0 Å². The van der Waals surface area contributed by atoms with Gasteiger partial charge in [-0.3, -0.25) is 5.32 Å². The maximum absolute atomic E-state index is 5.77. The summed E-state index contributed by atoms with van der Waals surface area (Å²) < 4.78 is 5.77. The molecule has 1 heterocycles. The summed E-state index contributed by atoms with van der Waals surface area (Å²) in [5.41, 5.74) is 0.344. The van der Waals surface area contributed by atoms with Gasteiger partial charge < -0.3 is 4.74 Å². The average molecular weight is 201 g/mol. The van der Waals surface area contributed by atoms with Gasteiger partial charge in [0.05, 0.1) is 6.61 Å². The van der Waals surface area contributed by atoms with Crippen LogP contribution in [0.2, 0.25) is 0 Å². The summed E-state index contributed by atoms with van der Waals surface area (Å²) in [5.74, 6) is 0.568. The van der Waals surface area contributed by atoms with Crippen LogP contribution >= 0.6 is 0 Å². The van der Waals surface area contributed by atoms with Crippen LogP contribution in [0.5, 0.6) is 0 Å². The summed E-state index contributed by atoms with van der Waals surface area (Å²) in [6, 6.07) is 0. The Kier molecular flexibility index (Phi) is 6.38. The molecule has 86 valence electrons. The Hall–Kier alpha value is -0.0800. The highest BCUT2D eigenvalue weighted by Crippen LogP contribution is 2.23. The van der Waals surface area contributed by atoms with E-state index >= 15 is 0 Å². The average Bonchev–Trinajstić information content (AvgIpc) is 2.30. The summed E-state index contributed by atoms with van der Waals surface area (Å²) in [6.45, 7) is 14.9. The van der Waals surface area contributed by atoms with Gasteiger partial charge in [-0.05, 0) is 24.3 Å². The third-order valence-electron chi connectivity index (χ3n) is 2.41. The van der Waals surface area contributed by atoms with E-state index in [4.69, 9.17) is 4.74 Å². The van der Waals surface area contributed by atoms with Crippen molar-refractivity contribution in [3.8, 4) is 0 Å². The lowest BCUT2D eigenvalue weighted by molar-refractivity contribution is -0.0181. The standard InChI is InChI=1S/C10H21NO.C2H6/c1-8(2)9-11-6-5-10(3,4)7-12-9;1-2/h8-9,11H,5-7H2,1-4H3;1-2H3. The van der Waals surface area contributed by atoms with Crippen LogP contribution in [-0.4, -0.2) is 19.4 Å². The van der Waals surface area contributed by atoms with E-state index in [2.05, 4.69) is 33.0 Å². The second-order valence-corrected chi connectivity index (χ2v) is 4.84. The monoisotopic (exact) mass is 201 g/mol. The minimum absolute atomic E-state index is 0.256. The summed E-state index contributed by atoms with van der Waals surface area (Å²) in [4.78, 5) is 0. The first-order valence-corrected chi connectivity index (χ1v) is 5.86. The van der Waals surface area contributed by atoms with Crippen molar-refractivity contribution in [2.24, 2.45) is 11.3 Å². The third-order valence-corrected chi connectivity index (χ3v) is 2.41. The predicted molar refractivity (Wildman–Crippen MR) is 62.3 cm³/mol. The van der Waals surface area contributed by atoms with Gasteiger partial charge in [-0.2, -0.15) is 0 Å². The van der Waals surface area contributed by atoms with Crippen molar-refractivity contribution in [3.63, 3.8) is 0 Å². The number of nitrogens with one attached hydrogen (secondary N) is 1. The van der Waals surface area contributed by atoms with Crippen LogP contribution in [0.25, 0.3) is 0 Å². The van der Waals surface area contributed by atoms with E-state index < -0.39 is 0 Å². The fraction of sp³-hybridized carbons (Fsp3) is 1.00. The van der Waals surface area contributed by atoms with E-state index in [1.807, 2.05) is 13.8 Å². The molecule has 1 fully saturated rings. The Balaban J connectivity index is 0.000000791. The third kappa shape index (κ3) is 4.97. The Morgan fingerprint density at radius 2 is 1.86 bits per heavy atom. The molecule has 0 aliphatic carbocycles. The highest BCUT2D eigenvalue weighted by Gasteiger charge is 2.25. The zero-order valence-corrected chi connectivity index (χ0v) is 10.7. The molecule has 14 heavy (non-hydrogen) atoms. The number of hydrogen-bond donors (Lipinski definition) is 1. The van der Waals surface area contributed by atoms with E-state index in [1.165, 1.54) is 6.42 Å². The lowest BCUT2D eigenvalue weighted by Gasteiger charge is -2.23. The van der Waals surface area contributed by atoms with E-state index in [0.29, 0.717) is 11.3 Å². The molecule has 0 aromatic heterocycles. The molecule has 1 rings (SSSR count). The molecule has 2 nitrogen and oxygen atoms in total. The van der Waals surface area contributed by atoms with Crippen molar-refractivity contribution in [1.29, 1.82) is 0 Å². The highest BCUT2D eigenvalue weighted by molar-refractivity contribution is 4.75. The fourth-order valence-electron chi connectivity index (χ4n) is 1.43. The second-order valence-electron chi connectivity index (χ2n) is 4.84. The van der Waals surface area contributed by atoms with Gasteiger partial charge in [-0.1, -0.05) is 41.5 Å². The Morgan fingerprint density at radius 3 is 2.36 bits per heavy atom. The van der Waals surface area contributed by atoms with E-state index in [-0.39, 0.29) is 6.23 Å². The van der Waals surface area contributed by atoms with Crippen molar-refractivity contribution >= 4 is 0 Å². The summed E-state index contributed by atoms with van der Waals surface area (Å²) in [5, 5.41) is 3.41. The number of hydrogen-bond acceptors (Lipinski definition) is 2. The topological polar surface area (TPSA) is 21.3 Å². The molecule has 0 bridgehead atoms. The Bertz CT molecular complexity index is 143. The predicted octanol–water partition coefficient (Wildman–Crippen LogP) is 3.03. The zero-order chi connectivity index (χ0) is 11.2. The van der Waals surface area contributed by atoms with Crippen LogP contribution in [0.3, 0.4) is 0 Å². The largest absolute Gasteiger partial charge is 0.363 e. The minimum atomic E-state index is 0.256. The van der Waals surface area contributed by atoms with Gasteiger partial charge in [-0.15, -0.1) is 0 Å². The van der Waals surface area contributed by atoms with Crippen LogP contribution < -0.4 is 5.32 Å². The van der Waals surface area contributed by atoms with Crippen molar-refractivity contribution in [2.75, 3.05) is 13.2 Å². The molecule has 0 aromatic rings. The molecule has 0 saturated carbocycles. The van der Waals surface area contributed by atoms with Gasteiger partial charge in [0.2, 0.25) is 0 Å². The van der Waals surface area contributed by atoms with E-state index in [1.54, 1.807) is 0 Å². The molecule has 1 aliphatic rings. The maximum Gasteiger partial charge on any atom is 0.110 e. The van der Waals surface area contributed by atoms with Crippen LogP contribution in [0.4, 0.5) is 0 Å². The first-order valence-electron chi connectivity index (χ1n) is 5.86. The molecule has 1 aliphatic heterocycles. The molecule has 1 N–H and O–H groups in total. The van der Waals surface area contributed by atoms with E-state index in [0.717, 1.165) is 13.2 Å². The molecular weight excluding hydrogens is 174 g/mol. The molecule has 1 unspecified atom stereocenters. The smallest absolute Gasteiger partial charge is 0.110 e. The molecule has 2 heteroatoms. The van der Waals surface area contributed by atoms with Gasteiger partial charge in [0.15, 0.2) is 0 Å². The van der Waals surface area contributed by atoms with Gasteiger partial charge in [-0.25, -0.2) is 0 Å². The normalized spacial score (nSPS) is 26.4. The Morgan fingerprint density at radius 1 is 1.29 bits per heavy atom. The SMILES string of the molecule is CC.CC(C)C1NCCC(C)(C)CO1. The van der Waals surface area contributed by atoms with Crippen molar-refractivity contribution < 1.29 is 4.74 Å². The van der Waals surface area contributed by atoms with Crippen molar-refractivity contribution in [1.82, 2.24) is 5.32 Å². The van der Waals surface area contributed by atoms with Crippen LogP contribution in [0.1, 0.15) is 48.0 Å². The van der Waals surface area contributed by atoms with Crippen molar-refractivity contribution in [2.45, 2.75) is 54.2 Å². The van der Waals surface area contributed by atoms with Crippen molar-refractivity contribution in [3.05, 3.63) is 0 Å². The minimum Gasteiger partial charge on any atom is -0.363 e. The number of rotatable bonds is 1. The fourth-order valence-corrected chi connectivity index (χ4v) is 1.43. The number of ether oxygens (including phenoxy) is 1. The van der Waals surface area contributed by atoms with Gasteiger partial charge in [0.25, 0.3) is 0 Å². The van der Waals surface area contributed by atoms with Crippen LogP contribution in [0, 0.1) is 11.3 Å². The molecule has 0 amide bonds. The Labute approximate surface area is 89.4 Å². The maximum atomic E-state index is 5.77. The summed E-state index contributed by atoms with van der Waals surface area (Å²) in [6.07, 6.45) is 1.46. The molecule has 1 atom stereocenters. The first-order chi connectivity index (χ1) is 6.51. The summed E-state index contributed by atoms with van der Waals surface area (Å²) >= 11 is 0. The summed E-state index contributed by atoms with van der Waals surface area (Å²) in [7, 11) is 0. The quantitative estimate of drug-likeness (QED) is 0.704. The lowest BCUT2D eigenvalue weighted by Crippen LogP contribution is -2.35. The second kappa shape index (κ2) is 6.41.